The zero-order valence-corrected chi connectivity index (χ0v) is 9.63. The molecule has 1 heterocycles. The minimum absolute atomic E-state index is 0.260. The molecule has 0 aliphatic rings. The van der Waals surface area contributed by atoms with E-state index in [-0.39, 0.29) is 18.3 Å². The fourth-order valence-electron chi connectivity index (χ4n) is 1.50. The van der Waals surface area contributed by atoms with Crippen molar-refractivity contribution in [2.24, 2.45) is 0 Å². The van der Waals surface area contributed by atoms with Crippen molar-refractivity contribution in [2.75, 3.05) is 11.9 Å². The van der Waals surface area contributed by atoms with E-state index in [1.165, 1.54) is 12.3 Å². The first kappa shape index (κ1) is 12.1. The van der Waals surface area contributed by atoms with Crippen LogP contribution < -0.4 is 5.32 Å². The standard InChI is InChI=1S/C14H12NO3/c16-8-2-5-11-4-1-6-12(10-11)15-14(17)13-7-3-9-18-13/h1-7,9-10H,8H2,(H,15,17)/b5-2+. The highest BCUT2D eigenvalue weighted by molar-refractivity contribution is 6.02. The van der Waals surface area contributed by atoms with Crippen LogP contribution in [0.1, 0.15) is 16.1 Å². The van der Waals surface area contributed by atoms with E-state index >= 15 is 0 Å². The van der Waals surface area contributed by atoms with Crippen LogP contribution in [0.15, 0.2) is 53.2 Å². The van der Waals surface area contributed by atoms with E-state index < -0.39 is 0 Å². The predicted molar refractivity (Wildman–Crippen MR) is 67.7 cm³/mol. The van der Waals surface area contributed by atoms with Gasteiger partial charge < -0.3 is 9.73 Å². The lowest BCUT2D eigenvalue weighted by molar-refractivity contribution is 0.0996. The van der Waals surface area contributed by atoms with Crippen molar-refractivity contribution in [3.8, 4) is 0 Å². The molecule has 0 bridgehead atoms. The Morgan fingerprint density at radius 1 is 1.28 bits per heavy atom. The van der Waals surface area contributed by atoms with E-state index in [1.807, 2.05) is 12.1 Å². The number of carbonyl (C=O) groups is 1. The highest BCUT2D eigenvalue weighted by Gasteiger charge is 2.08. The summed E-state index contributed by atoms with van der Waals surface area (Å²) >= 11 is 0. The molecule has 4 heteroatoms. The predicted octanol–water partition coefficient (Wildman–Crippen LogP) is 2.98. The van der Waals surface area contributed by atoms with E-state index in [0.717, 1.165) is 5.56 Å². The molecule has 1 aromatic heterocycles. The molecule has 2 rings (SSSR count). The Morgan fingerprint density at radius 2 is 2.17 bits per heavy atom. The van der Waals surface area contributed by atoms with Gasteiger partial charge in [0.1, 0.15) is 6.61 Å². The van der Waals surface area contributed by atoms with Gasteiger partial charge in [-0.05, 0) is 29.8 Å². The van der Waals surface area contributed by atoms with Crippen molar-refractivity contribution >= 4 is 17.7 Å². The number of hydrogen-bond acceptors (Lipinski definition) is 2. The zero-order valence-electron chi connectivity index (χ0n) is 9.63. The number of nitrogens with one attached hydrogen (secondary N) is 1. The van der Waals surface area contributed by atoms with Gasteiger partial charge >= 0.3 is 0 Å². The second-order valence-corrected chi connectivity index (χ2v) is 3.63. The van der Waals surface area contributed by atoms with E-state index in [4.69, 9.17) is 4.42 Å². The van der Waals surface area contributed by atoms with Gasteiger partial charge in [-0.3, -0.25) is 4.79 Å². The van der Waals surface area contributed by atoms with Crippen molar-refractivity contribution in [2.45, 2.75) is 0 Å². The second-order valence-electron chi connectivity index (χ2n) is 3.63. The Kier molecular flexibility index (Phi) is 3.94. The molecule has 1 amide bonds. The minimum Gasteiger partial charge on any atom is -0.459 e. The molecule has 1 N–H and O–H groups in total. The van der Waals surface area contributed by atoms with Gasteiger partial charge in [-0.1, -0.05) is 24.3 Å². The van der Waals surface area contributed by atoms with Crippen molar-refractivity contribution < 1.29 is 14.3 Å². The van der Waals surface area contributed by atoms with Crippen LogP contribution in [0.2, 0.25) is 0 Å². The Labute approximate surface area is 105 Å². The molecule has 4 nitrogen and oxygen atoms in total. The quantitative estimate of drug-likeness (QED) is 0.895. The van der Waals surface area contributed by atoms with Gasteiger partial charge in [0.15, 0.2) is 5.76 Å². The molecule has 0 atom stereocenters. The van der Waals surface area contributed by atoms with Crippen LogP contribution in [-0.2, 0) is 5.11 Å². The van der Waals surface area contributed by atoms with Crippen LogP contribution in [0.25, 0.3) is 6.08 Å². The molecule has 2 aromatic rings. The van der Waals surface area contributed by atoms with E-state index in [1.54, 1.807) is 30.3 Å². The number of amides is 1. The van der Waals surface area contributed by atoms with Gasteiger partial charge in [0.05, 0.1) is 6.26 Å². The van der Waals surface area contributed by atoms with Crippen molar-refractivity contribution in [1.82, 2.24) is 0 Å². The van der Waals surface area contributed by atoms with E-state index in [2.05, 4.69) is 5.32 Å². The second kappa shape index (κ2) is 5.84. The van der Waals surface area contributed by atoms with Crippen LogP contribution in [0.5, 0.6) is 0 Å². The molecule has 0 fully saturated rings. The third-order valence-corrected chi connectivity index (χ3v) is 2.30. The van der Waals surface area contributed by atoms with Crippen LogP contribution in [-0.4, -0.2) is 12.5 Å². The Hall–Kier alpha value is -2.33. The van der Waals surface area contributed by atoms with Gasteiger partial charge in [-0.25, -0.2) is 5.11 Å². The van der Waals surface area contributed by atoms with Gasteiger partial charge in [-0.2, -0.15) is 0 Å². The van der Waals surface area contributed by atoms with Crippen molar-refractivity contribution in [3.63, 3.8) is 0 Å². The summed E-state index contributed by atoms with van der Waals surface area (Å²) in [6.07, 6.45) is 4.69. The Bertz CT molecular complexity index is 544. The molecular formula is C14H12NO3. The maximum Gasteiger partial charge on any atom is 0.291 e. The molecule has 0 aliphatic heterocycles. The summed E-state index contributed by atoms with van der Waals surface area (Å²) in [7, 11) is 0. The van der Waals surface area contributed by atoms with Gasteiger partial charge in [0, 0.05) is 5.69 Å². The summed E-state index contributed by atoms with van der Waals surface area (Å²) in [6.45, 7) is -0.261. The topological polar surface area (TPSA) is 62.1 Å². The average Bonchev–Trinajstić information content (AvgIpc) is 2.91. The molecule has 18 heavy (non-hydrogen) atoms. The molecule has 0 spiro atoms. The molecule has 0 aliphatic carbocycles. The Balaban J connectivity index is 2.10. The normalized spacial score (nSPS) is 10.7. The summed E-state index contributed by atoms with van der Waals surface area (Å²) in [4.78, 5) is 11.7. The number of hydrogen-bond donors (Lipinski definition) is 1. The number of rotatable bonds is 4. The third-order valence-electron chi connectivity index (χ3n) is 2.30. The fourth-order valence-corrected chi connectivity index (χ4v) is 1.50. The summed E-state index contributed by atoms with van der Waals surface area (Å²) in [5.74, 6) is -0.0412. The average molecular weight is 242 g/mol. The van der Waals surface area contributed by atoms with E-state index in [9.17, 15) is 9.90 Å². The van der Waals surface area contributed by atoms with Crippen LogP contribution in [0, 0.1) is 0 Å². The lowest BCUT2D eigenvalue weighted by Gasteiger charge is -2.03. The van der Waals surface area contributed by atoms with Gasteiger partial charge in [-0.15, -0.1) is 0 Å². The van der Waals surface area contributed by atoms with Crippen LogP contribution >= 0.6 is 0 Å². The highest BCUT2D eigenvalue weighted by Crippen LogP contribution is 2.13. The molecule has 0 saturated heterocycles. The maximum atomic E-state index is 11.7. The third kappa shape index (κ3) is 3.09. The van der Waals surface area contributed by atoms with Gasteiger partial charge in [0.25, 0.3) is 5.91 Å². The lowest BCUT2D eigenvalue weighted by Crippen LogP contribution is -2.10. The lowest BCUT2D eigenvalue weighted by atomic mass is 10.2. The highest BCUT2D eigenvalue weighted by atomic mass is 16.3. The van der Waals surface area contributed by atoms with Crippen molar-refractivity contribution in [1.29, 1.82) is 0 Å². The molecular weight excluding hydrogens is 230 g/mol. The number of anilines is 1. The summed E-state index contributed by atoms with van der Waals surface area (Å²) in [5, 5.41) is 13.1. The first-order chi connectivity index (χ1) is 8.79. The minimum atomic E-state index is -0.301. The van der Waals surface area contributed by atoms with Crippen LogP contribution in [0.3, 0.4) is 0 Å². The van der Waals surface area contributed by atoms with Gasteiger partial charge in [0.2, 0.25) is 0 Å². The van der Waals surface area contributed by atoms with Crippen molar-refractivity contribution in [3.05, 3.63) is 60.1 Å². The number of furan rings is 1. The van der Waals surface area contributed by atoms with E-state index in [0.29, 0.717) is 5.69 Å². The smallest absolute Gasteiger partial charge is 0.291 e. The summed E-state index contributed by atoms with van der Waals surface area (Å²) in [6, 6.07) is 10.5. The number of carbonyl (C=O) groups excluding carboxylic acids is 1. The molecule has 91 valence electrons. The molecule has 0 unspecified atom stereocenters. The molecule has 1 aromatic carbocycles. The zero-order chi connectivity index (χ0) is 12.8. The first-order valence-electron chi connectivity index (χ1n) is 5.49. The largest absolute Gasteiger partial charge is 0.459 e. The summed E-state index contributed by atoms with van der Waals surface area (Å²) < 4.78 is 5.00. The monoisotopic (exact) mass is 242 g/mol. The molecule has 1 radical (unpaired) electrons. The fraction of sp³-hybridized carbons (Fsp3) is 0.0714. The first-order valence-corrected chi connectivity index (χ1v) is 5.49. The Morgan fingerprint density at radius 3 is 2.89 bits per heavy atom. The molecule has 0 saturated carbocycles. The maximum absolute atomic E-state index is 11.7. The van der Waals surface area contributed by atoms with Crippen LogP contribution in [0.4, 0.5) is 5.69 Å². The SMILES string of the molecule is [O]C/C=C/c1cccc(NC(=O)c2ccco2)c1. The number of benzene rings is 1. The summed E-state index contributed by atoms with van der Waals surface area (Å²) in [5.41, 5.74) is 1.52.